The van der Waals surface area contributed by atoms with Crippen LogP contribution in [0.15, 0.2) is 48.8 Å². The molecule has 27 heavy (non-hydrogen) atoms. The second-order valence-corrected chi connectivity index (χ2v) is 7.11. The van der Waals surface area contributed by atoms with Gasteiger partial charge in [0, 0.05) is 25.0 Å². The van der Waals surface area contributed by atoms with E-state index in [0.29, 0.717) is 22.8 Å². The lowest BCUT2D eigenvalue weighted by Crippen LogP contribution is -2.42. The summed E-state index contributed by atoms with van der Waals surface area (Å²) in [4.78, 5) is 15.4. The van der Waals surface area contributed by atoms with Crippen molar-refractivity contribution in [3.05, 3.63) is 65.9 Å². The number of hydrogen-bond donors (Lipinski definition) is 0. The molecule has 1 saturated heterocycles. The number of likely N-dealkylation sites (tertiary alicyclic amines) is 1. The van der Waals surface area contributed by atoms with E-state index in [0.717, 1.165) is 25.8 Å². The minimum atomic E-state index is -0.302. The molecule has 1 fully saturated rings. The monoisotopic (exact) mass is 366 g/mol. The predicted molar refractivity (Wildman–Crippen MR) is 102 cm³/mol. The van der Waals surface area contributed by atoms with Gasteiger partial charge in [-0.1, -0.05) is 0 Å². The summed E-state index contributed by atoms with van der Waals surface area (Å²) < 4.78 is 17.0. The molecule has 0 spiro atoms. The quantitative estimate of drug-likeness (QED) is 0.700. The fourth-order valence-corrected chi connectivity index (χ4v) is 3.79. The van der Waals surface area contributed by atoms with Crippen molar-refractivity contribution in [2.24, 2.45) is 0 Å². The summed E-state index contributed by atoms with van der Waals surface area (Å²) in [5.74, 6) is 0.396. The summed E-state index contributed by atoms with van der Waals surface area (Å²) in [7, 11) is 0. The summed E-state index contributed by atoms with van der Waals surface area (Å²) in [5.41, 5.74) is 1.99. The lowest BCUT2D eigenvalue weighted by Gasteiger charge is -2.33. The molecule has 1 aliphatic heterocycles. The van der Waals surface area contributed by atoms with Gasteiger partial charge in [0.1, 0.15) is 11.4 Å². The van der Waals surface area contributed by atoms with Gasteiger partial charge in [0.25, 0.3) is 5.91 Å². The van der Waals surface area contributed by atoms with E-state index in [1.54, 1.807) is 16.8 Å². The van der Waals surface area contributed by atoms with Crippen LogP contribution in [0, 0.1) is 12.7 Å². The predicted octanol–water partition coefficient (Wildman–Crippen LogP) is 4.13. The summed E-state index contributed by atoms with van der Waals surface area (Å²) in [6.45, 7) is 4.73. The van der Waals surface area contributed by atoms with Crippen LogP contribution < -0.4 is 0 Å². The SMILES string of the molecule is Cc1nn(-c2ccc(F)cc2)c(-n2cccc2)c1C(=O)N1CCCC[C@@H]1C. The van der Waals surface area contributed by atoms with Crippen molar-refractivity contribution >= 4 is 5.91 Å². The van der Waals surface area contributed by atoms with Gasteiger partial charge < -0.3 is 9.47 Å². The average molecular weight is 366 g/mol. The first-order valence-corrected chi connectivity index (χ1v) is 9.36. The van der Waals surface area contributed by atoms with E-state index < -0.39 is 0 Å². The van der Waals surface area contributed by atoms with E-state index in [1.165, 1.54) is 12.1 Å². The third-order valence-electron chi connectivity index (χ3n) is 5.23. The Morgan fingerprint density at radius 1 is 1.15 bits per heavy atom. The molecule has 0 bridgehead atoms. The molecule has 2 aromatic heterocycles. The number of aromatic nitrogens is 3. The third-order valence-corrected chi connectivity index (χ3v) is 5.23. The van der Waals surface area contributed by atoms with E-state index in [1.807, 2.05) is 40.9 Å². The van der Waals surface area contributed by atoms with Crippen LogP contribution in [0.2, 0.25) is 0 Å². The second-order valence-electron chi connectivity index (χ2n) is 7.11. The molecule has 0 N–H and O–H groups in total. The largest absolute Gasteiger partial charge is 0.336 e. The summed E-state index contributed by atoms with van der Waals surface area (Å²) in [6, 6.07) is 10.2. The standard InChI is InChI=1S/C21H23FN4O/c1-15-7-3-4-14-25(15)21(27)19-16(2)23-26(18-10-8-17(22)9-11-18)20(19)24-12-5-6-13-24/h5-6,8-13,15H,3-4,7,14H2,1-2H3/t15-/m0/s1. The highest BCUT2D eigenvalue weighted by Gasteiger charge is 2.31. The normalized spacial score (nSPS) is 17.3. The van der Waals surface area contributed by atoms with Crippen molar-refractivity contribution < 1.29 is 9.18 Å². The smallest absolute Gasteiger partial charge is 0.259 e. The Hall–Kier alpha value is -2.89. The molecule has 1 aromatic carbocycles. The van der Waals surface area contributed by atoms with Crippen molar-refractivity contribution in [1.82, 2.24) is 19.2 Å². The number of carbonyl (C=O) groups excluding carboxylic acids is 1. The lowest BCUT2D eigenvalue weighted by atomic mass is 10.0. The Morgan fingerprint density at radius 3 is 2.52 bits per heavy atom. The van der Waals surface area contributed by atoms with Crippen LogP contribution in [0.5, 0.6) is 0 Å². The van der Waals surface area contributed by atoms with Crippen molar-refractivity contribution in [3.8, 4) is 11.5 Å². The highest BCUT2D eigenvalue weighted by atomic mass is 19.1. The fraction of sp³-hybridized carbons (Fsp3) is 0.333. The Kier molecular flexibility index (Phi) is 4.56. The molecular weight excluding hydrogens is 343 g/mol. The van der Waals surface area contributed by atoms with Gasteiger partial charge in [-0.15, -0.1) is 0 Å². The van der Waals surface area contributed by atoms with Crippen LogP contribution in [0.3, 0.4) is 0 Å². The third kappa shape index (κ3) is 3.16. The molecule has 0 unspecified atom stereocenters. The van der Waals surface area contributed by atoms with Gasteiger partial charge in [-0.25, -0.2) is 9.07 Å². The van der Waals surface area contributed by atoms with Crippen LogP contribution >= 0.6 is 0 Å². The first-order valence-electron chi connectivity index (χ1n) is 9.36. The highest BCUT2D eigenvalue weighted by Crippen LogP contribution is 2.27. The second kappa shape index (κ2) is 7.02. The summed E-state index contributed by atoms with van der Waals surface area (Å²) in [5, 5.41) is 4.63. The van der Waals surface area contributed by atoms with Gasteiger partial charge >= 0.3 is 0 Å². The lowest BCUT2D eigenvalue weighted by molar-refractivity contribution is 0.0635. The maximum atomic E-state index is 13.4. The number of hydrogen-bond acceptors (Lipinski definition) is 2. The van der Waals surface area contributed by atoms with Crippen LogP contribution in [-0.4, -0.2) is 37.7 Å². The number of carbonyl (C=O) groups is 1. The Balaban J connectivity index is 1.86. The number of piperidine rings is 1. The first-order chi connectivity index (χ1) is 13.1. The highest BCUT2D eigenvalue weighted by molar-refractivity contribution is 5.99. The molecule has 140 valence electrons. The van der Waals surface area contributed by atoms with Crippen molar-refractivity contribution in [2.75, 3.05) is 6.54 Å². The zero-order valence-corrected chi connectivity index (χ0v) is 15.6. The number of halogens is 1. The minimum absolute atomic E-state index is 0.0109. The number of nitrogens with zero attached hydrogens (tertiary/aromatic N) is 4. The van der Waals surface area contributed by atoms with Gasteiger partial charge in [-0.3, -0.25) is 4.79 Å². The van der Waals surface area contributed by atoms with Crippen molar-refractivity contribution in [1.29, 1.82) is 0 Å². The number of amides is 1. The topological polar surface area (TPSA) is 43.1 Å². The van der Waals surface area contributed by atoms with E-state index in [2.05, 4.69) is 12.0 Å². The Morgan fingerprint density at radius 2 is 1.85 bits per heavy atom. The van der Waals surface area contributed by atoms with Gasteiger partial charge in [0.15, 0.2) is 5.82 Å². The van der Waals surface area contributed by atoms with Gasteiger partial charge in [0.2, 0.25) is 0 Å². The number of aryl methyl sites for hydroxylation is 1. The Bertz CT molecular complexity index is 943. The molecule has 0 saturated carbocycles. The molecule has 3 heterocycles. The molecule has 5 nitrogen and oxygen atoms in total. The Labute approximate surface area is 158 Å². The minimum Gasteiger partial charge on any atom is -0.336 e. The van der Waals surface area contributed by atoms with E-state index >= 15 is 0 Å². The van der Waals surface area contributed by atoms with Crippen molar-refractivity contribution in [3.63, 3.8) is 0 Å². The molecule has 3 aromatic rings. The van der Waals surface area contributed by atoms with Crippen LogP contribution in [-0.2, 0) is 0 Å². The average Bonchev–Trinajstić information content (AvgIpc) is 3.30. The molecule has 0 aliphatic carbocycles. The van der Waals surface area contributed by atoms with Crippen molar-refractivity contribution in [2.45, 2.75) is 39.2 Å². The molecule has 6 heteroatoms. The maximum Gasteiger partial charge on any atom is 0.259 e. The molecule has 4 rings (SSSR count). The van der Waals surface area contributed by atoms with Crippen LogP contribution in [0.4, 0.5) is 4.39 Å². The zero-order chi connectivity index (χ0) is 19.0. The fourth-order valence-electron chi connectivity index (χ4n) is 3.79. The summed E-state index contributed by atoms with van der Waals surface area (Å²) >= 11 is 0. The zero-order valence-electron chi connectivity index (χ0n) is 15.6. The van der Waals surface area contributed by atoms with Gasteiger partial charge in [-0.05, 0) is 69.5 Å². The van der Waals surface area contributed by atoms with Crippen LogP contribution in [0.1, 0.15) is 42.2 Å². The van der Waals surface area contributed by atoms with Gasteiger partial charge in [0.05, 0.1) is 11.4 Å². The molecule has 1 atom stereocenters. The van der Waals surface area contributed by atoms with E-state index in [4.69, 9.17) is 0 Å². The number of benzene rings is 1. The van der Waals surface area contributed by atoms with E-state index in [9.17, 15) is 9.18 Å². The van der Waals surface area contributed by atoms with Crippen LogP contribution in [0.25, 0.3) is 11.5 Å². The number of rotatable bonds is 3. The van der Waals surface area contributed by atoms with Gasteiger partial charge in [-0.2, -0.15) is 5.10 Å². The molecule has 0 radical (unpaired) electrons. The first kappa shape index (κ1) is 17.5. The molecular formula is C21H23FN4O. The summed E-state index contributed by atoms with van der Waals surface area (Å²) in [6.07, 6.45) is 7.00. The maximum absolute atomic E-state index is 13.4. The van der Waals surface area contributed by atoms with E-state index in [-0.39, 0.29) is 17.8 Å². The molecule has 1 amide bonds. The molecule has 1 aliphatic rings.